The Morgan fingerprint density at radius 2 is 1.75 bits per heavy atom. The van der Waals surface area contributed by atoms with Crippen LogP contribution in [0, 0.1) is 17.1 Å². The largest absolute Gasteiger partial charge is 0.457 e. The Labute approximate surface area is 157 Å². The number of rotatable bonds is 2. The van der Waals surface area contributed by atoms with E-state index in [1.54, 1.807) is 6.07 Å². The lowest BCUT2D eigenvalue weighted by Gasteiger charge is -2.35. The molecule has 0 bridgehead atoms. The van der Waals surface area contributed by atoms with Gasteiger partial charge in [0.05, 0.1) is 11.6 Å². The highest BCUT2D eigenvalue weighted by Crippen LogP contribution is 2.69. The fraction of sp³-hybridized carbons (Fsp3) is 0.350. The molecule has 0 radical (unpaired) electrons. The molecule has 3 unspecified atom stereocenters. The topological polar surface area (TPSA) is 53.2 Å². The molecule has 3 nitrogen and oxygen atoms in total. The van der Waals surface area contributed by atoms with Crippen LogP contribution in [0.5, 0.6) is 11.5 Å². The predicted molar refractivity (Wildman–Crippen MR) is 88.0 cm³/mol. The number of ether oxygens (including phenoxy) is 1. The van der Waals surface area contributed by atoms with E-state index in [9.17, 15) is 18.3 Å². The smallest absolute Gasteiger partial charge is 0.309 e. The van der Waals surface area contributed by atoms with Gasteiger partial charge in [-0.1, -0.05) is 0 Å². The van der Waals surface area contributed by atoms with Crippen LogP contribution in [0.2, 0.25) is 0 Å². The van der Waals surface area contributed by atoms with Crippen molar-refractivity contribution in [3.8, 4) is 17.6 Å². The number of nitrogens with zero attached hydrogens (tertiary/aromatic N) is 1. The van der Waals surface area contributed by atoms with Crippen molar-refractivity contribution in [1.29, 1.82) is 5.26 Å². The Kier molecular flexibility index (Phi) is 3.49. The Morgan fingerprint density at radius 1 is 1.07 bits per heavy atom. The second-order valence-electron chi connectivity index (χ2n) is 7.56. The van der Waals surface area contributed by atoms with E-state index in [1.165, 1.54) is 6.07 Å². The highest BCUT2D eigenvalue weighted by Gasteiger charge is 2.76. The van der Waals surface area contributed by atoms with E-state index in [4.69, 9.17) is 10.00 Å². The van der Waals surface area contributed by atoms with Crippen LogP contribution in [0.3, 0.4) is 0 Å². The number of nitriles is 1. The van der Waals surface area contributed by atoms with Crippen LogP contribution < -0.4 is 4.74 Å². The summed E-state index contributed by atoms with van der Waals surface area (Å²) in [5.74, 6) is -5.24. The molecule has 3 atom stereocenters. The molecule has 4 rings (SSSR count). The molecule has 0 fully saturated rings. The summed E-state index contributed by atoms with van der Waals surface area (Å²) in [6.07, 6.45) is -0.919. The van der Waals surface area contributed by atoms with Crippen molar-refractivity contribution in [3.63, 3.8) is 0 Å². The highest BCUT2D eigenvalue weighted by atomic mass is 19.3. The predicted octanol–water partition coefficient (Wildman–Crippen LogP) is 5.10. The van der Waals surface area contributed by atoms with Gasteiger partial charge in [-0.2, -0.15) is 14.0 Å². The fourth-order valence-electron chi connectivity index (χ4n) is 4.26. The van der Waals surface area contributed by atoms with Crippen molar-refractivity contribution in [2.75, 3.05) is 0 Å². The van der Waals surface area contributed by atoms with Gasteiger partial charge in [-0.05, 0) is 38.1 Å². The van der Waals surface area contributed by atoms with Gasteiger partial charge in [0.25, 0.3) is 0 Å². The lowest BCUT2D eigenvalue weighted by molar-refractivity contribution is -0.217. The third-order valence-electron chi connectivity index (χ3n) is 5.62. The first-order chi connectivity index (χ1) is 12.8. The van der Waals surface area contributed by atoms with Gasteiger partial charge in [-0.25, -0.2) is 13.2 Å². The van der Waals surface area contributed by atoms with Crippen molar-refractivity contribution in [2.45, 2.75) is 43.1 Å². The van der Waals surface area contributed by atoms with Crippen LogP contribution in [0.15, 0.2) is 30.3 Å². The number of benzene rings is 2. The summed E-state index contributed by atoms with van der Waals surface area (Å²) in [6.45, 7) is 1.58. The summed E-state index contributed by atoms with van der Waals surface area (Å²) in [5, 5.41) is 19.7. The maximum atomic E-state index is 15.3. The third-order valence-corrected chi connectivity index (χ3v) is 5.62. The molecule has 0 saturated carbocycles. The third kappa shape index (κ3) is 2.11. The monoisotopic (exact) mass is 395 g/mol. The first kappa shape index (κ1) is 18.7. The number of aliphatic hydroxyl groups is 1. The molecule has 2 aliphatic carbocycles. The Morgan fingerprint density at radius 3 is 2.39 bits per heavy atom. The number of halogens is 5. The molecule has 1 N–H and O–H groups in total. The van der Waals surface area contributed by atoms with Crippen LogP contribution in [0.25, 0.3) is 0 Å². The molecular weight excluding hydrogens is 381 g/mol. The molecular formula is C20H14F5NO2. The molecule has 0 heterocycles. The Bertz CT molecular complexity index is 1060. The summed E-state index contributed by atoms with van der Waals surface area (Å²) < 4.78 is 78.7. The van der Waals surface area contributed by atoms with Gasteiger partial charge >= 0.3 is 5.92 Å². The minimum Gasteiger partial charge on any atom is -0.457 e. The summed E-state index contributed by atoms with van der Waals surface area (Å²) >= 11 is 0. The van der Waals surface area contributed by atoms with Gasteiger partial charge < -0.3 is 9.84 Å². The second kappa shape index (κ2) is 5.23. The summed E-state index contributed by atoms with van der Waals surface area (Å²) in [7, 11) is 0. The zero-order valence-corrected chi connectivity index (χ0v) is 14.8. The zero-order chi connectivity index (χ0) is 20.7. The molecule has 146 valence electrons. The van der Waals surface area contributed by atoms with Crippen molar-refractivity contribution in [1.82, 2.24) is 0 Å². The van der Waals surface area contributed by atoms with Crippen LogP contribution in [-0.4, -0.2) is 10.8 Å². The first-order valence-corrected chi connectivity index (χ1v) is 8.40. The molecule has 0 aromatic heterocycles. The van der Waals surface area contributed by atoms with E-state index < -0.39 is 51.8 Å². The minimum atomic E-state index is -4.03. The van der Waals surface area contributed by atoms with Crippen molar-refractivity contribution < 1.29 is 31.8 Å². The van der Waals surface area contributed by atoms with Gasteiger partial charge in [0.2, 0.25) is 5.67 Å². The quantitative estimate of drug-likeness (QED) is 0.720. The van der Waals surface area contributed by atoms with E-state index in [0.29, 0.717) is 6.92 Å². The normalized spacial score (nSPS) is 32.1. The van der Waals surface area contributed by atoms with Gasteiger partial charge in [-0.15, -0.1) is 0 Å². The van der Waals surface area contributed by atoms with Crippen molar-refractivity contribution in [3.05, 3.63) is 58.4 Å². The molecule has 2 aliphatic rings. The molecule has 0 spiro atoms. The molecule has 2 aromatic rings. The summed E-state index contributed by atoms with van der Waals surface area (Å²) in [6, 6.07) is 6.72. The van der Waals surface area contributed by atoms with Gasteiger partial charge in [-0.3, -0.25) is 0 Å². The second-order valence-corrected chi connectivity index (χ2v) is 7.56. The zero-order valence-electron chi connectivity index (χ0n) is 14.8. The van der Waals surface area contributed by atoms with Crippen LogP contribution in [0.4, 0.5) is 22.0 Å². The highest BCUT2D eigenvalue weighted by molar-refractivity contribution is 5.62. The lowest BCUT2D eigenvalue weighted by Crippen LogP contribution is -2.50. The molecule has 0 amide bonds. The van der Waals surface area contributed by atoms with E-state index in [0.717, 1.165) is 31.2 Å². The van der Waals surface area contributed by atoms with E-state index in [1.807, 2.05) is 0 Å². The van der Waals surface area contributed by atoms with E-state index in [2.05, 4.69) is 0 Å². The average Bonchev–Trinajstić information content (AvgIpc) is 2.87. The molecule has 0 aliphatic heterocycles. The molecule has 2 aromatic carbocycles. The van der Waals surface area contributed by atoms with E-state index in [-0.39, 0.29) is 17.1 Å². The Hall–Kier alpha value is -2.66. The van der Waals surface area contributed by atoms with Gasteiger partial charge in [0.1, 0.15) is 28.6 Å². The number of hydrogen-bond donors (Lipinski definition) is 1. The molecule has 0 saturated heterocycles. The molecule has 28 heavy (non-hydrogen) atoms. The Balaban J connectivity index is 1.93. The number of alkyl halides is 4. The summed E-state index contributed by atoms with van der Waals surface area (Å²) in [5.41, 5.74) is -10.4. The standard InChI is InChI=1S/C20H14F5NO2/c1-17(22)9-19(27)15-13(20(24,25)18(19,2)23)3-4-14(16(15)17)28-12-6-10(8-26)5-11(21)7-12/h3-7,27H,9H2,1-2H3. The van der Waals surface area contributed by atoms with Crippen molar-refractivity contribution in [2.24, 2.45) is 0 Å². The molecule has 8 heteroatoms. The lowest BCUT2D eigenvalue weighted by atomic mass is 9.83. The van der Waals surface area contributed by atoms with E-state index >= 15 is 8.78 Å². The minimum absolute atomic E-state index is 0.0602. The number of hydrogen-bond acceptors (Lipinski definition) is 3. The average molecular weight is 395 g/mol. The van der Waals surface area contributed by atoms with Crippen LogP contribution >= 0.6 is 0 Å². The SMILES string of the molecule is CC1(F)CC2(O)c3c(ccc(Oc4cc(F)cc(C#N)c4)c31)C(F)(F)C2(C)F. The van der Waals surface area contributed by atoms with Gasteiger partial charge in [0, 0.05) is 29.2 Å². The fourth-order valence-corrected chi connectivity index (χ4v) is 4.26. The van der Waals surface area contributed by atoms with Gasteiger partial charge in [0.15, 0.2) is 0 Å². The maximum Gasteiger partial charge on any atom is 0.309 e. The maximum absolute atomic E-state index is 15.3. The van der Waals surface area contributed by atoms with Crippen LogP contribution in [-0.2, 0) is 17.2 Å². The first-order valence-electron chi connectivity index (χ1n) is 8.40. The summed E-state index contributed by atoms with van der Waals surface area (Å²) in [4.78, 5) is 0. The van der Waals surface area contributed by atoms with Crippen molar-refractivity contribution >= 4 is 0 Å². The van der Waals surface area contributed by atoms with Crippen LogP contribution in [0.1, 0.15) is 42.5 Å².